The zero-order valence-electron chi connectivity index (χ0n) is 20.7. The molecule has 0 radical (unpaired) electrons. The average molecular weight is 526 g/mol. The van der Waals surface area contributed by atoms with Crippen molar-refractivity contribution < 1.29 is 13.2 Å². The van der Waals surface area contributed by atoms with Gasteiger partial charge in [0, 0.05) is 28.3 Å². The van der Waals surface area contributed by atoms with Crippen molar-refractivity contribution in [3.8, 4) is 21.8 Å². The van der Waals surface area contributed by atoms with Crippen molar-refractivity contribution in [3.05, 3.63) is 64.7 Å². The quantitative estimate of drug-likeness (QED) is 0.235. The molecule has 0 aliphatic carbocycles. The summed E-state index contributed by atoms with van der Waals surface area (Å²) in [6.07, 6.45) is -2.90. The molecule has 36 heavy (non-hydrogen) atoms. The second kappa shape index (κ2) is 8.63. The Bertz CT molecular complexity index is 1570. The van der Waals surface area contributed by atoms with Gasteiger partial charge in [0.15, 0.2) is 0 Å². The third-order valence-electron chi connectivity index (χ3n) is 6.47. The van der Waals surface area contributed by atoms with Crippen molar-refractivity contribution in [2.75, 3.05) is 0 Å². The fraction of sp³-hybridized carbons (Fsp3) is 0.321. The van der Waals surface area contributed by atoms with Gasteiger partial charge in [-0.3, -0.25) is 0 Å². The first-order valence-corrected chi connectivity index (χ1v) is 13.4. The van der Waals surface area contributed by atoms with E-state index in [4.69, 9.17) is 0 Å². The van der Waals surface area contributed by atoms with Crippen LogP contribution in [0.3, 0.4) is 0 Å². The molecule has 2 aromatic carbocycles. The summed E-state index contributed by atoms with van der Waals surface area (Å²) in [6, 6.07) is 12.7. The molecule has 0 spiro atoms. The third-order valence-corrected chi connectivity index (χ3v) is 8.37. The summed E-state index contributed by atoms with van der Waals surface area (Å²) in [7, 11) is 0. The molecule has 8 heteroatoms. The number of nitrogens with zero attached hydrogens (tertiary/aromatic N) is 3. The molecule has 0 bridgehead atoms. The SMILES string of the molecule is CC(C)(C)c1cc(-c2ncnc3c(-c4nc(CC(C)(C)C(F)(F)F)cs4)csc23)cc2ccccc12. The minimum Gasteiger partial charge on any atom is -0.241 e. The lowest BCUT2D eigenvalue weighted by Gasteiger charge is -2.26. The summed E-state index contributed by atoms with van der Waals surface area (Å²) in [4.78, 5) is 13.8. The van der Waals surface area contributed by atoms with E-state index in [1.807, 2.05) is 11.4 Å². The highest BCUT2D eigenvalue weighted by atomic mass is 32.1. The highest BCUT2D eigenvalue weighted by molar-refractivity contribution is 7.19. The molecule has 0 saturated carbocycles. The number of hydrogen-bond acceptors (Lipinski definition) is 5. The summed E-state index contributed by atoms with van der Waals surface area (Å²) in [5.74, 6) is 0. The number of thiophene rings is 1. The number of aromatic nitrogens is 3. The van der Waals surface area contributed by atoms with Crippen LogP contribution in [0.2, 0.25) is 0 Å². The van der Waals surface area contributed by atoms with Crippen molar-refractivity contribution >= 4 is 43.7 Å². The van der Waals surface area contributed by atoms with Crippen LogP contribution in [0.5, 0.6) is 0 Å². The van der Waals surface area contributed by atoms with Crippen molar-refractivity contribution in [2.24, 2.45) is 5.41 Å². The van der Waals surface area contributed by atoms with Gasteiger partial charge in [-0.15, -0.1) is 22.7 Å². The van der Waals surface area contributed by atoms with Crippen molar-refractivity contribution in [1.29, 1.82) is 0 Å². The molecule has 0 N–H and O–H groups in total. The summed E-state index contributed by atoms with van der Waals surface area (Å²) in [5.41, 5.74) is 3.26. The fourth-order valence-electron chi connectivity index (χ4n) is 4.34. The number of rotatable bonds is 4. The molecule has 0 atom stereocenters. The van der Waals surface area contributed by atoms with Crippen LogP contribution in [-0.4, -0.2) is 21.1 Å². The Hall–Kier alpha value is -2.84. The van der Waals surface area contributed by atoms with E-state index < -0.39 is 11.6 Å². The molecule has 0 aliphatic rings. The van der Waals surface area contributed by atoms with Crippen LogP contribution < -0.4 is 0 Å². The van der Waals surface area contributed by atoms with E-state index in [1.165, 1.54) is 47.5 Å². The fourth-order valence-corrected chi connectivity index (χ4v) is 6.27. The smallest absolute Gasteiger partial charge is 0.241 e. The van der Waals surface area contributed by atoms with Crippen LogP contribution in [0.4, 0.5) is 13.2 Å². The average Bonchev–Trinajstić information content (AvgIpc) is 3.43. The van der Waals surface area contributed by atoms with Crippen LogP contribution in [0.15, 0.2) is 53.5 Å². The summed E-state index contributed by atoms with van der Waals surface area (Å²) >= 11 is 2.89. The second-order valence-corrected chi connectivity index (χ2v) is 12.5. The van der Waals surface area contributed by atoms with Gasteiger partial charge in [0.1, 0.15) is 11.3 Å². The highest BCUT2D eigenvalue weighted by Crippen LogP contribution is 2.43. The number of alkyl halides is 3. The number of benzene rings is 2. The summed E-state index contributed by atoms with van der Waals surface area (Å²) in [6.45, 7) is 9.04. The van der Waals surface area contributed by atoms with Gasteiger partial charge in [0.2, 0.25) is 0 Å². The van der Waals surface area contributed by atoms with E-state index in [0.717, 1.165) is 32.4 Å². The Morgan fingerprint density at radius 2 is 1.64 bits per heavy atom. The first-order valence-electron chi connectivity index (χ1n) is 11.6. The molecule has 0 fully saturated rings. The van der Waals surface area contributed by atoms with E-state index in [2.05, 4.69) is 66.1 Å². The first kappa shape index (κ1) is 24.8. The molecule has 0 aliphatic heterocycles. The van der Waals surface area contributed by atoms with Gasteiger partial charge in [-0.1, -0.05) is 58.9 Å². The van der Waals surface area contributed by atoms with Crippen LogP contribution in [-0.2, 0) is 11.8 Å². The number of halogens is 3. The Labute approximate surface area is 216 Å². The molecule has 0 unspecified atom stereocenters. The molecule has 5 rings (SSSR count). The van der Waals surface area contributed by atoms with Gasteiger partial charge < -0.3 is 0 Å². The molecule has 3 nitrogen and oxygen atoms in total. The Balaban J connectivity index is 1.59. The monoisotopic (exact) mass is 525 g/mol. The van der Waals surface area contributed by atoms with Gasteiger partial charge in [0.25, 0.3) is 0 Å². The lowest BCUT2D eigenvalue weighted by atomic mass is 9.82. The van der Waals surface area contributed by atoms with Gasteiger partial charge >= 0.3 is 6.18 Å². The Morgan fingerprint density at radius 3 is 2.36 bits per heavy atom. The molecule has 186 valence electrons. The highest BCUT2D eigenvalue weighted by Gasteiger charge is 2.47. The largest absolute Gasteiger partial charge is 0.394 e. The van der Waals surface area contributed by atoms with Crippen LogP contribution in [0.1, 0.15) is 45.9 Å². The van der Waals surface area contributed by atoms with Crippen molar-refractivity contribution in [3.63, 3.8) is 0 Å². The van der Waals surface area contributed by atoms with Gasteiger partial charge in [-0.05, 0) is 33.9 Å². The van der Waals surface area contributed by atoms with E-state index in [1.54, 1.807) is 11.7 Å². The number of thiazole rings is 1. The normalized spacial score (nSPS) is 13.1. The van der Waals surface area contributed by atoms with Gasteiger partial charge in [-0.25, -0.2) is 15.0 Å². The first-order chi connectivity index (χ1) is 16.8. The van der Waals surface area contributed by atoms with E-state index >= 15 is 0 Å². The van der Waals surface area contributed by atoms with Crippen LogP contribution >= 0.6 is 22.7 Å². The molecule has 0 saturated heterocycles. The molecule has 5 aromatic rings. The predicted molar refractivity (Wildman–Crippen MR) is 144 cm³/mol. The molecule has 3 heterocycles. The molecule has 3 aromatic heterocycles. The number of fused-ring (bicyclic) bond motifs is 2. The molecular formula is C28H26F3N3S2. The summed E-state index contributed by atoms with van der Waals surface area (Å²) < 4.78 is 41.1. The van der Waals surface area contributed by atoms with E-state index in [9.17, 15) is 13.2 Å². The standard InChI is InChI=1S/C28H26F3N3S2/c1-26(2,3)21-11-17(10-16-8-6-7-9-19(16)21)22-24-23(33-15-32-22)20(14-35-24)25-34-18(13-36-25)12-27(4,5)28(29,30)31/h6-11,13-15H,12H2,1-5H3. The minimum absolute atomic E-state index is 0.0517. The third kappa shape index (κ3) is 4.41. The van der Waals surface area contributed by atoms with Crippen molar-refractivity contribution in [2.45, 2.75) is 52.6 Å². The Morgan fingerprint density at radius 1 is 0.889 bits per heavy atom. The zero-order valence-corrected chi connectivity index (χ0v) is 22.3. The van der Waals surface area contributed by atoms with E-state index in [0.29, 0.717) is 10.7 Å². The van der Waals surface area contributed by atoms with Crippen LogP contribution in [0, 0.1) is 5.41 Å². The predicted octanol–water partition coefficient (Wildman–Crippen LogP) is 9.06. The topological polar surface area (TPSA) is 38.7 Å². The maximum Gasteiger partial charge on any atom is 0.394 e. The zero-order chi connectivity index (χ0) is 25.9. The maximum atomic E-state index is 13.4. The number of hydrogen-bond donors (Lipinski definition) is 0. The van der Waals surface area contributed by atoms with Gasteiger partial charge in [0.05, 0.1) is 27.0 Å². The Kier molecular flexibility index (Phi) is 5.95. The van der Waals surface area contributed by atoms with Crippen molar-refractivity contribution in [1.82, 2.24) is 15.0 Å². The summed E-state index contributed by atoms with van der Waals surface area (Å²) in [5, 5.41) is 6.75. The lowest BCUT2D eigenvalue weighted by molar-refractivity contribution is -0.211. The van der Waals surface area contributed by atoms with E-state index in [-0.39, 0.29) is 11.8 Å². The maximum absolute atomic E-state index is 13.4. The molecular weight excluding hydrogens is 499 g/mol. The van der Waals surface area contributed by atoms with Crippen LogP contribution in [0.25, 0.3) is 42.8 Å². The minimum atomic E-state index is -4.29. The van der Waals surface area contributed by atoms with Gasteiger partial charge in [-0.2, -0.15) is 13.2 Å². The second-order valence-electron chi connectivity index (χ2n) is 10.7. The molecule has 0 amide bonds. The lowest BCUT2D eigenvalue weighted by Crippen LogP contribution is -2.34.